The zero-order valence-electron chi connectivity index (χ0n) is 12.8. The summed E-state index contributed by atoms with van der Waals surface area (Å²) in [6, 6.07) is 7.16. The molecule has 7 heteroatoms. The quantitative estimate of drug-likeness (QED) is 0.633. The molecule has 0 fully saturated rings. The number of nitriles is 1. The summed E-state index contributed by atoms with van der Waals surface area (Å²) in [5, 5.41) is 22.6. The second-order valence-corrected chi connectivity index (χ2v) is 5.03. The van der Waals surface area contributed by atoms with Gasteiger partial charge in [0.15, 0.2) is 0 Å². The van der Waals surface area contributed by atoms with E-state index in [1.54, 1.807) is 12.1 Å². The van der Waals surface area contributed by atoms with E-state index in [2.05, 4.69) is 10.6 Å². The van der Waals surface area contributed by atoms with Crippen LogP contribution in [0.4, 0.5) is 5.69 Å². The molecule has 1 rings (SSSR count). The van der Waals surface area contributed by atoms with E-state index in [4.69, 9.17) is 10.4 Å². The van der Waals surface area contributed by atoms with Crippen LogP contribution in [0.25, 0.3) is 0 Å². The SMILES string of the molecule is CC(=O)Nc1ccc(C(=O)N[C@H](CCCCC#N)C(=O)O)cc1. The number of carboxylic acid groups (broad SMARTS) is 1. The number of aliphatic carboxylic acids is 1. The van der Waals surface area contributed by atoms with Crippen LogP contribution in [0.15, 0.2) is 24.3 Å². The lowest BCUT2D eigenvalue weighted by atomic mass is 10.1. The lowest BCUT2D eigenvalue weighted by Crippen LogP contribution is -2.40. The summed E-state index contributed by atoms with van der Waals surface area (Å²) in [6.07, 6.45) is 1.78. The molecule has 0 aliphatic carbocycles. The maximum atomic E-state index is 12.1. The smallest absolute Gasteiger partial charge is 0.326 e. The molecule has 122 valence electrons. The van der Waals surface area contributed by atoms with Crippen molar-refractivity contribution in [3.05, 3.63) is 29.8 Å². The van der Waals surface area contributed by atoms with Gasteiger partial charge in [-0.25, -0.2) is 4.79 Å². The Morgan fingerprint density at radius 2 is 1.87 bits per heavy atom. The third-order valence-electron chi connectivity index (χ3n) is 3.10. The van der Waals surface area contributed by atoms with Crippen molar-refractivity contribution >= 4 is 23.5 Å². The van der Waals surface area contributed by atoms with Crippen molar-refractivity contribution in [3.8, 4) is 6.07 Å². The van der Waals surface area contributed by atoms with Crippen molar-refractivity contribution in [2.45, 2.75) is 38.6 Å². The molecule has 0 spiro atoms. The Bertz CT molecular complexity index is 605. The lowest BCUT2D eigenvalue weighted by Gasteiger charge is -2.14. The number of hydrogen-bond acceptors (Lipinski definition) is 4. The molecule has 0 aromatic heterocycles. The second-order valence-electron chi connectivity index (χ2n) is 5.03. The fraction of sp³-hybridized carbons (Fsp3) is 0.375. The largest absolute Gasteiger partial charge is 0.480 e. The topological polar surface area (TPSA) is 119 Å². The number of amides is 2. The van der Waals surface area contributed by atoms with Crippen LogP contribution < -0.4 is 10.6 Å². The van der Waals surface area contributed by atoms with Crippen LogP contribution in [0.1, 0.15) is 43.0 Å². The average Bonchev–Trinajstić information content (AvgIpc) is 2.50. The molecule has 1 aromatic rings. The Balaban J connectivity index is 2.62. The Hall–Kier alpha value is -2.88. The van der Waals surface area contributed by atoms with Crippen molar-refractivity contribution in [1.29, 1.82) is 5.26 Å². The summed E-state index contributed by atoms with van der Waals surface area (Å²) < 4.78 is 0. The highest BCUT2D eigenvalue weighted by molar-refractivity contribution is 5.97. The number of carboxylic acids is 1. The number of nitrogens with zero attached hydrogens (tertiary/aromatic N) is 1. The van der Waals surface area contributed by atoms with Crippen LogP contribution in [0, 0.1) is 11.3 Å². The van der Waals surface area contributed by atoms with Crippen molar-refractivity contribution < 1.29 is 19.5 Å². The van der Waals surface area contributed by atoms with Gasteiger partial charge in [0, 0.05) is 24.6 Å². The standard InChI is InChI=1S/C16H19N3O4/c1-11(20)18-13-8-6-12(7-9-13)15(21)19-14(16(22)23)5-3-2-4-10-17/h6-9,14H,2-5H2,1H3,(H,18,20)(H,19,21)(H,22,23)/t14-/m1/s1. The molecule has 3 N–H and O–H groups in total. The van der Waals surface area contributed by atoms with E-state index in [0.29, 0.717) is 30.5 Å². The third-order valence-corrected chi connectivity index (χ3v) is 3.10. The molecular weight excluding hydrogens is 298 g/mol. The Labute approximate surface area is 134 Å². The first-order valence-electron chi connectivity index (χ1n) is 7.22. The van der Waals surface area contributed by atoms with E-state index in [0.717, 1.165) is 0 Å². The molecule has 0 heterocycles. The van der Waals surface area contributed by atoms with Gasteiger partial charge in [-0.1, -0.05) is 0 Å². The maximum absolute atomic E-state index is 12.1. The lowest BCUT2D eigenvalue weighted by molar-refractivity contribution is -0.139. The fourth-order valence-electron chi connectivity index (χ4n) is 1.96. The molecule has 0 unspecified atom stereocenters. The number of nitrogens with one attached hydrogen (secondary N) is 2. The number of anilines is 1. The van der Waals surface area contributed by atoms with Gasteiger partial charge in [-0.3, -0.25) is 9.59 Å². The van der Waals surface area contributed by atoms with Crippen LogP contribution in [0.5, 0.6) is 0 Å². The maximum Gasteiger partial charge on any atom is 0.326 e. The number of benzene rings is 1. The Morgan fingerprint density at radius 1 is 1.22 bits per heavy atom. The molecule has 1 atom stereocenters. The van der Waals surface area contributed by atoms with Gasteiger partial charge >= 0.3 is 5.97 Å². The van der Waals surface area contributed by atoms with E-state index in [1.165, 1.54) is 19.1 Å². The minimum Gasteiger partial charge on any atom is -0.480 e. The molecular formula is C16H19N3O4. The Kier molecular flexibility index (Phi) is 7.27. The molecule has 0 radical (unpaired) electrons. The molecule has 0 saturated heterocycles. The zero-order chi connectivity index (χ0) is 17.2. The average molecular weight is 317 g/mol. The van der Waals surface area contributed by atoms with Crippen LogP contribution >= 0.6 is 0 Å². The zero-order valence-corrected chi connectivity index (χ0v) is 12.8. The summed E-state index contributed by atoms with van der Waals surface area (Å²) in [4.78, 5) is 34.2. The fourth-order valence-corrected chi connectivity index (χ4v) is 1.96. The van der Waals surface area contributed by atoms with Gasteiger partial charge in [0.1, 0.15) is 6.04 Å². The number of carbonyl (C=O) groups is 3. The number of hydrogen-bond donors (Lipinski definition) is 3. The van der Waals surface area contributed by atoms with Crippen molar-refractivity contribution in [3.63, 3.8) is 0 Å². The summed E-state index contributed by atoms with van der Waals surface area (Å²) in [5.41, 5.74) is 0.864. The van der Waals surface area contributed by atoms with E-state index < -0.39 is 17.9 Å². The summed E-state index contributed by atoms with van der Waals surface area (Å²) in [7, 11) is 0. The van der Waals surface area contributed by atoms with Gasteiger partial charge in [-0.05, 0) is 43.5 Å². The van der Waals surface area contributed by atoms with Crippen molar-refractivity contribution in [2.24, 2.45) is 0 Å². The molecule has 0 bridgehead atoms. The minimum atomic E-state index is -1.11. The highest BCUT2D eigenvalue weighted by atomic mass is 16.4. The molecule has 0 aliphatic heterocycles. The third kappa shape index (κ3) is 6.61. The highest BCUT2D eigenvalue weighted by Crippen LogP contribution is 2.10. The van der Waals surface area contributed by atoms with Crippen molar-refractivity contribution in [2.75, 3.05) is 5.32 Å². The van der Waals surface area contributed by atoms with Gasteiger partial charge in [-0.2, -0.15) is 5.26 Å². The van der Waals surface area contributed by atoms with Crippen LogP contribution in [0.3, 0.4) is 0 Å². The summed E-state index contributed by atoms with van der Waals surface area (Å²) in [6.45, 7) is 1.38. The number of rotatable bonds is 8. The van der Waals surface area contributed by atoms with Crippen LogP contribution in [0.2, 0.25) is 0 Å². The number of carbonyl (C=O) groups excluding carboxylic acids is 2. The van der Waals surface area contributed by atoms with Crippen molar-refractivity contribution in [1.82, 2.24) is 5.32 Å². The first kappa shape index (κ1) is 18.2. The van der Waals surface area contributed by atoms with Gasteiger partial charge in [-0.15, -0.1) is 0 Å². The molecule has 2 amide bonds. The monoisotopic (exact) mass is 317 g/mol. The first-order valence-corrected chi connectivity index (χ1v) is 7.22. The van der Waals surface area contributed by atoms with E-state index in [-0.39, 0.29) is 12.3 Å². The van der Waals surface area contributed by atoms with Gasteiger partial charge in [0.2, 0.25) is 5.91 Å². The van der Waals surface area contributed by atoms with Gasteiger partial charge in [0.25, 0.3) is 5.91 Å². The second kappa shape index (κ2) is 9.20. The molecule has 23 heavy (non-hydrogen) atoms. The van der Waals surface area contributed by atoms with E-state index in [9.17, 15) is 14.4 Å². The van der Waals surface area contributed by atoms with Gasteiger partial charge in [0.05, 0.1) is 6.07 Å². The highest BCUT2D eigenvalue weighted by Gasteiger charge is 2.20. The molecule has 1 aromatic carbocycles. The Morgan fingerprint density at radius 3 is 2.39 bits per heavy atom. The minimum absolute atomic E-state index is 0.217. The number of unbranched alkanes of at least 4 members (excludes halogenated alkanes) is 2. The normalized spacial score (nSPS) is 11.1. The summed E-state index contributed by atoms with van der Waals surface area (Å²) in [5.74, 6) is -1.82. The van der Waals surface area contributed by atoms with Gasteiger partial charge < -0.3 is 15.7 Å². The van der Waals surface area contributed by atoms with Crippen LogP contribution in [-0.2, 0) is 9.59 Å². The van der Waals surface area contributed by atoms with Crippen LogP contribution in [-0.4, -0.2) is 28.9 Å². The van der Waals surface area contributed by atoms with E-state index in [1.807, 2.05) is 6.07 Å². The molecule has 7 nitrogen and oxygen atoms in total. The first-order chi connectivity index (χ1) is 10.9. The predicted molar refractivity (Wildman–Crippen MR) is 83.7 cm³/mol. The molecule has 0 aliphatic rings. The predicted octanol–water partition coefficient (Wildman–Crippen LogP) is 1.91. The molecule has 0 saturated carbocycles. The summed E-state index contributed by atoms with van der Waals surface area (Å²) >= 11 is 0. The van der Waals surface area contributed by atoms with E-state index >= 15 is 0 Å².